The van der Waals surface area contributed by atoms with Crippen molar-refractivity contribution < 1.29 is 18.7 Å². The van der Waals surface area contributed by atoms with E-state index >= 15 is 0 Å². The van der Waals surface area contributed by atoms with Crippen LogP contribution in [0.15, 0.2) is 48.1 Å². The van der Waals surface area contributed by atoms with E-state index in [4.69, 9.17) is 9.47 Å². The first-order valence-electron chi connectivity index (χ1n) is 7.48. The van der Waals surface area contributed by atoms with Crippen molar-refractivity contribution >= 4 is 17.3 Å². The average molecular weight is 358 g/mol. The molecule has 0 saturated heterocycles. The number of aromatic nitrogens is 2. The molecule has 0 aliphatic carbocycles. The molecule has 0 atom stereocenters. The van der Waals surface area contributed by atoms with Crippen molar-refractivity contribution in [3.8, 4) is 16.3 Å². The Balaban J connectivity index is 1.60. The van der Waals surface area contributed by atoms with Gasteiger partial charge < -0.3 is 9.47 Å². The molecule has 2 aromatic heterocycles. The first-order valence-corrected chi connectivity index (χ1v) is 8.36. The van der Waals surface area contributed by atoms with E-state index in [2.05, 4.69) is 9.97 Å². The lowest BCUT2D eigenvalue weighted by molar-refractivity contribution is -0.144. The largest absolute Gasteiger partial charge is 0.496 e. The SMILES string of the molecule is COc1ccc(F)cc1COC(=O)Cc1csc(-c2cccnc2)n1. The number of pyridine rings is 1. The number of hydrogen-bond acceptors (Lipinski definition) is 6. The highest BCUT2D eigenvalue weighted by atomic mass is 32.1. The van der Waals surface area contributed by atoms with Gasteiger partial charge in [-0.15, -0.1) is 11.3 Å². The predicted octanol–water partition coefficient (Wildman–Crippen LogP) is 3.64. The van der Waals surface area contributed by atoms with Crippen molar-refractivity contribution in [3.63, 3.8) is 0 Å². The van der Waals surface area contributed by atoms with Gasteiger partial charge in [-0.2, -0.15) is 0 Å². The first-order chi connectivity index (χ1) is 12.2. The summed E-state index contributed by atoms with van der Waals surface area (Å²) >= 11 is 1.44. The van der Waals surface area contributed by atoms with Crippen molar-refractivity contribution in [3.05, 3.63) is 65.2 Å². The van der Waals surface area contributed by atoms with Crippen LogP contribution in [0.4, 0.5) is 4.39 Å². The van der Waals surface area contributed by atoms with Crippen LogP contribution in [-0.4, -0.2) is 23.0 Å². The summed E-state index contributed by atoms with van der Waals surface area (Å²) in [6.07, 6.45) is 3.46. The molecule has 0 bridgehead atoms. The average Bonchev–Trinajstić information content (AvgIpc) is 3.09. The zero-order chi connectivity index (χ0) is 17.6. The fourth-order valence-corrected chi connectivity index (χ4v) is 3.04. The highest BCUT2D eigenvalue weighted by molar-refractivity contribution is 7.13. The monoisotopic (exact) mass is 358 g/mol. The number of methoxy groups -OCH3 is 1. The van der Waals surface area contributed by atoms with E-state index < -0.39 is 11.8 Å². The summed E-state index contributed by atoms with van der Waals surface area (Å²) in [4.78, 5) is 20.5. The number of nitrogens with zero attached hydrogens (tertiary/aromatic N) is 2. The third kappa shape index (κ3) is 4.39. The second-order valence-electron chi connectivity index (χ2n) is 5.18. The summed E-state index contributed by atoms with van der Waals surface area (Å²) in [5.41, 5.74) is 2.00. The van der Waals surface area contributed by atoms with Gasteiger partial charge in [0.1, 0.15) is 23.2 Å². The number of carbonyl (C=O) groups is 1. The number of thiazole rings is 1. The molecule has 25 heavy (non-hydrogen) atoms. The van der Waals surface area contributed by atoms with Crippen LogP contribution < -0.4 is 4.74 Å². The van der Waals surface area contributed by atoms with Crippen molar-refractivity contribution in [1.29, 1.82) is 0 Å². The lowest BCUT2D eigenvalue weighted by atomic mass is 10.2. The van der Waals surface area contributed by atoms with E-state index in [1.54, 1.807) is 12.4 Å². The van der Waals surface area contributed by atoms with Crippen molar-refractivity contribution in [1.82, 2.24) is 9.97 Å². The second-order valence-corrected chi connectivity index (χ2v) is 6.04. The van der Waals surface area contributed by atoms with Gasteiger partial charge in [0.05, 0.1) is 19.2 Å². The zero-order valence-electron chi connectivity index (χ0n) is 13.4. The van der Waals surface area contributed by atoms with E-state index in [0.717, 1.165) is 10.6 Å². The lowest BCUT2D eigenvalue weighted by Crippen LogP contribution is -2.09. The second kappa shape index (κ2) is 7.85. The van der Waals surface area contributed by atoms with E-state index in [9.17, 15) is 9.18 Å². The molecule has 0 amide bonds. The van der Waals surface area contributed by atoms with Crippen LogP contribution >= 0.6 is 11.3 Å². The maximum atomic E-state index is 13.3. The summed E-state index contributed by atoms with van der Waals surface area (Å²) in [7, 11) is 1.48. The molecule has 0 aliphatic heterocycles. The normalized spacial score (nSPS) is 10.5. The fourth-order valence-electron chi connectivity index (χ4n) is 2.23. The van der Waals surface area contributed by atoms with Crippen LogP contribution in [0.5, 0.6) is 5.75 Å². The molecule has 2 heterocycles. The van der Waals surface area contributed by atoms with Crippen molar-refractivity contribution in [2.45, 2.75) is 13.0 Å². The molecule has 3 aromatic rings. The Labute approximate surface area is 148 Å². The zero-order valence-corrected chi connectivity index (χ0v) is 14.3. The van der Waals surface area contributed by atoms with Gasteiger partial charge in [-0.3, -0.25) is 9.78 Å². The summed E-state index contributed by atoms with van der Waals surface area (Å²) in [6, 6.07) is 7.81. The van der Waals surface area contributed by atoms with E-state index in [-0.39, 0.29) is 13.0 Å². The maximum Gasteiger partial charge on any atom is 0.312 e. The Hall–Kier alpha value is -2.80. The molecule has 7 heteroatoms. The number of halogens is 1. The Bertz CT molecular complexity index is 868. The molecule has 0 unspecified atom stereocenters. The van der Waals surface area contributed by atoms with Gasteiger partial charge in [-0.05, 0) is 30.3 Å². The molecule has 1 aromatic carbocycles. The van der Waals surface area contributed by atoms with Crippen LogP contribution in [0, 0.1) is 5.82 Å². The number of benzene rings is 1. The predicted molar refractivity (Wildman–Crippen MR) is 91.8 cm³/mol. The molecule has 128 valence electrons. The van der Waals surface area contributed by atoms with Gasteiger partial charge in [-0.1, -0.05) is 0 Å². The minimum atomic E-state index is -0.436. The van der Waals surface area contributed by atoms with Gasteiger partial charge in [0, 0.05) is 28.9 Å². The summed E-state index contributed by atoms with van der Waals surface area (Å²) in [6.45, 7) is -0.0562. The van der Waals surface area contributed by atoms with E-state index in [1.165, 1.54) is 36.6 Å². The highest BCUT2D eigenvalue weighted by Crippen LogP contribution is 2.23. The van der Waals surface area contributed by atoms with Crippen molar-refractivity contribution in [2.75, 3.05) is 7.11 Å². The maximum absolute atomic E-state index is 13.3. The van der Waals surface area contributed by atoms with Crippen molar-refractivity contribution in [2.24, 2.45) is 0 Å². The van der Waals surface area contributed by atoms with Gasteiger partial charge in [0.25, 0.3) is 0 Å². The highest BCUT2D eigenvalue weighted by Gasteiger charge is 2.12. The quantitative estimate of drug-likeness (QED) is 0.630. The molecule has 0 radical (unpaired) electrons. The molecular weight excluding hydrogens is 343 g/mol. The summed E-state index contributed by atoms with van der Waals surface area (Å²) in [5.74, 6) is -0.372. The van der Waals surface area contributed by atoms with Crippen LogP contribution in [0.3, 0.4) is 0 Å². The van der Waals surface area contributed by atoms with Crippen LogP contribution in [0.2, 0.25) is 0 Å². The molecule has 0 spiro atoms. The Kier molecular flexibility index (Phi) is 5.35. The van der Waals surface area contributed by atoms with Crippen LogP contribution in [0.25, 0.3) is 10.6 Å². The molecule has 0 N–H and O–H groups in total. The standard InChI is InChI=1S/C18H15FN2O3S/c1-23-16-5-4-14(19)7-13(16)10-24-17(22)8-15-11-25-18(21-15)12-3-2-6-20-9-12/h2-7,9,11H,8,10H2,1H3. The number of hydrogen-bond donors (Lipinski definition) is 0. The van der Waals surface area contributed by atoms with E-state index in [1.807, 2.05) is 17.5 Å². The smallest absolute Gasteiger partial charge is 0.312 e. The van der Waals surface area contributed by atoms with Gasteiger partial charge >= 0.3 is 5.97 Å². The fraction of sp³-hybridized carbons (Fsp3) is 0.167. The molecule has 0 fully saturated rings. The molecule has 5 nitrogen and oxygen atoms in total. The Morgan fingerprint density at radius 2 is 2.20 bits per heavy atom. The third-order valence-corrected chi connectivity index (χ3v) is 4.36. The van der Waals surface area contributed by atoms with Gasteiger partial charge in [0.2, 0.25) is 0 Å². The first kappa shape index (κ1) is 17.0. The minimum absolute atomic E-state index is 0.0500. The number of ether oxygens (including phenoxy) is 2. The van der Waals surface area contributed by atoms with Gasteiger partial charge in [-0.25, -0.2) is 9.37 Å². The lowest BCUT2D eigenvalue weighted by Gasteiger charge is -2.09. The minimum Gasteiger partial charge on any atom is -0.496 e. The number of esters is 1. The molecule has 0 saturated carbocycles. The van der Waals surface area contributed by atoms with Crippen LogP contribution in [-0.2, 0) is 22.6 Å². The molecule has 3 rings (SSSR count). The summed E-state index contributed by atoms with van der Waals surface area (Å²) in [5, 5.41) is 2.61. The van der Waals surface area contributed by atoms with Crippen LogP contribution in [0.1, 0.15) is 11.3 Å². The third-order valence-electron chi connectivity index (χ3n) is 3.42. The number of carbonyl (C=O) groups excluding carboxylic acids is 1. The van der Waals surface area contributed by atoms with Gasteiger partial charge in [0.15, 0.2) is 0 Å². The summed E-state index contributed by atoms with van der Waals surface area (Å²) < 4.78 is 23.6. The topological polar surface area (TPSA) is 61.3 Å². The molecular formula is C18H15FN2O3S. The molecule has 0 aliphatic rings. The van der Waals surface area contributed by atoms with E-state index in [0.29, 0.717) is 17.0 Å². The Morgan fingerprint density at radius 3 is 2.96 bits per heavy atom. The number of rotatable bonds is 6. The Morgan fingerprint density at radius 1 is 1.32 bits per heavy atom.